The summed E-state index contributed by atoms with van der Waals surface area (Å²) in [6.45, 7) is 1.81. The summed E-state index contributed by atoms with van der Waals surface area (Å²) in [5, 5.41) is 14.5. The van der Waals surface area contributed by atoms with Crippen LogP contribution in [0.5, 0.6) is 11.6 Å². The van der Waals surface area contributed by atoms with Crippen molar-refractivity contribution in [1.82, 2.24) is 15.3 Å². The molecular formula is C24H19ClN3O4S+. The molecule has 0 saturated heterocycles. The second kappa shape index (κ2) is 9.81. The zero-order valence-corrected chi connectivity index (χ0v) is 19.0. The maximum Gasteiger partial charge on any atom is 0.335 e. The molecule has 2 aromatic carbocycles. The van der Waals surface area contributed by atoms with Crippen LogP contribution in [0.25, 0.3) is 10.6 Å². The van der Waals surface area contributed by atoms with Gasteiger partial charge in [-0.1, -0.05) is 18.2 Å². The molecule has 0 aliphatic carbocycles. The van der Waals surface area contributed by atoms with E-state index in [2.05, 4.69) is 15.3 Å². The van der Waals surface area contributed by atoms with E-state index in [-0.39, 0.29) is 29.0 Å². The zero-order chi connectivity index (χ0) is 23.4. The van der Waals surface area contributed by atoms with Crippen LogP contribution in [0.15, 0.2) is 78.4 Å². The topological polar surface area (TPSA) is 101 Å². The first-order valence-corrected chi connectivity index (χ1v) is 12.0. The Kier molecular flexibility index (Phi) is 6.67. The molecule has 9 heteroatoms. The molecule has 0 spiro atoms. The van der Waals surface area contributed by atoms with Crippen LogP contribution in [-0.4, -0.2) is 27.0 Å². The second-order valence-corrected chi connectivity index (χ2v) is 9.34. The Morgan fingerprint density at radius 1 is 1.06 bits per heavy atom. The van der Waals surface area contributed by atoms with Crippen LogP contribution in [0.1, 0.15) is 39.2 Å². The predicted octanol–water partition coefficient (Wildman–Crippen LogP) is 5.88. The summed E-state index contributed by atoms with van der Waals surface area (Å²) >= 11 is 0. The average molecular weight is 481 g/mol. The van der Waals surface area contributed by atoms with Gasteiger partial charge in [0.15, 0.2) is 5.38 Å². The molecule has 0 bridgehead atoms. The molecule has 0 radical (unpaired) electrons. The largest absolute Gasteiger partial charge is 0.478 e. The van der Waals surface area contributed by atoms with Crippen molar-refractivity contribution in [3.05, 3.63) is 95.1 Å². The minimum Gasteiger partial charge on any atom is -0.478 e. The molecular weight excluding hydrogens is 462 g/mol. The Morgan fingerprint density at radius 3 is 2.55 bits per heavy atom. The maximum atomic E-state index is 13.0. The third-order valence-electron chi connectivity index (χ3n) is 4.87. The van der Waals surface area contributed by atoms with Crippen molar-refractivity contribution in [2.45, 2.75) is 13.0 Å². The molecule has 2 N–H and O–H groups in total. The van der Waals surface area contributed by atoms with Gasteiger partial charge in [-0.05, 0) is 55.0 Å². The van der Waals surface area contributed by atoms with Gasteiger partial charge in [-0.25, -0.2) is 9.78 Å². The molecule has 0 fully saturated rings. The van der Waals surface area contributed by atoms with Gasteiger partial charge in [-0.2, -0.15) is 4.98 Å². The number of hydrogen-bond donors (Lipinski definition) is 2. The standard InChI is InChI=1S/C24H18ClN3O4S/c1-15(16-7-9-17(10-8-16)24(30)31)28-21(29)20-6-3-11-26-22(20)32-19-5-2-4-18(14-19)23-27-12-13-33(23)25/h2-15H,1H3,(H-,28,29,30,31)/p+1/t15-,33?/m0/s1. The van der Waals surface area contributed by atoms with Crippen molar-refractivity contribution in [3.63, 3.8) is 0 Å². The molecule has 2 atom stereocenters. The van der Waals surface area contributed by atoms with E-state index in [9.17, 15) is 9.59 Å². The lowest BCUT2D eigenvalue weighted by Crippen LogP contribution is -2.27. The number of rotatable bonds is 7. The highest BCUT2D eigenvalue weighted by Crippen LogP contribution is 2.37. The highest BCUT2D eigenvalue weighted by Gasteiger charge is 2.19. The zero-order valence-electron chi connectivity index (χ0n) is 17.4. The summed E-state index contributed by atoms with van der Waals surface area (Å²) < 4.78 is 5.94. The van der Waals surface area contributed by atoms with Crippen molar-refractivity contribution in [2.24, 2.45) is 0 Å². The normalized spacial score (nSPS) is 12.1. The van der Waals surface area contributed by atoms with Gasteiger partial charge < -0.3 is 15.2 Å². The number of amides is 1. The van der Waals surface area contributed by atoms with Gasteiger partial charge in [-0.15, -0.1) is 0 Å². The number of carbonyl (C=O) groups excluding carboxylic acids is 1. The molecule has 33 heavy (non-hydrogen) atoms. The van der Waals surface area contributed by atoms with E-state index < -0.39 is 15.7 Å². The quantitative estimate of drug-likeness (QED) is 0.320. The monoisotopic (exact) mass is 480 g/mol. The molecule has 1 amide bonds. The smallest absolute Gasteiger partial charge is 0.335 e. The minimum absolute atomic E-state index is 0.164. The number of nitrogens with zero attached hydrogens (tertiary/aromatic N) is 2. The van der Waals surface area contributed by atoms with Crippen molar-refractivity contribution in [1.29, 1.82) is 0 Å². The third-order valence-corrected chi connectivity index (χ3v) is 6.69. The van der Waals surface area contributed by atoms with E-state index in [1.807, 2.05) is 24.4 Å². The second-order valence-electron chi connectivity index (χ2n) is 7.11. The van der Waals surface area contributed by atoms with E-state index in [0.29, 0.717) is 5.75 Å². The maximum absolute atomic E-state index is 13.0. The molecule has 0 aliphatic rings. The first-order valence-electron chi connectivity index (χ1n) is 9.93. The Bertz CT molecular complexity index is 1310. The van der Waals surface area contributed by atoms with Gasteiger partial charge in [0.25, 0.3) is 10.9 Å². The Morgan fingerprint density at radius 2 is 1.85 bits per heavy atom. The minimum atomic E-state index is -1.00. The van der Waals surface area contributed by atoms with Crippen molar-refractivity contribution < 1.29 is 19.4 Å². The molecule has 2 heterocycles. The number of halogens is 1. The number of pyridine rings is 1. The van der Waals surface area contributed by atoms with Crippen LogP contribution in [0, 0.1) is 0 Å². The number of hydrogen-bond acceptors (Lipinski definition) is 5. The molecule has 4 aromatic rings. The van der Waals surface area contributed by atoms with Crippen LogP contribution in [0.2, 0.25) is 0 Å². The highest BCUT2D eigenvalue weighted by molar-refractivity contribution is 7.62. The summed E-state index contributed by atoms with van der Waals surface area (Å²) in [7, 11) is 5.71. The molecule has 0 saturated carbocycles. The lowest BCUT2D eigenvalue weighted by Gasteiger charge is -2.16. The van der Waals surface area contributed by atoms with Crippen LogP contribution in [-0.2, 0) is 0 Å². The average Bonchev–Trinajstić information content (AvgIpc) is 3.25. The molecule has 4 rings (SSSR count). The lowest BCUT2D eigenvalue weighted by atomic mass is 10.1. The van der Waals surface area contributed by atoms with E-state index in [1.165, 1.54) is 12.1 Å². The summed E-state index contributed by atoms with van der Waals surface area (Å²) in [4.78, 5) is 32.5. The number of nitrogens with one attached hydrogen (secondary N) is 1. The Balaban J connectivity index is 1.52. The predicted molar refractivity (Wildman–Crippen MR) is 127 cm³/mol. The van der Waals surface area contributed by atoms with Crippen LogP contribution < -0.4 is 10.1 Å². The lowest BCUT2D eigenvalue weighted by molar-refractivity contribution is 0.0696. The molecule has 0 aliphatic heterocycles. The number of aromatic nitrogens is 2. The third kappa shape index (κ3) is 5.19. The van der Waals surface area contributed by atoms with Crippen LogP contribution in [0.3, 0.4) is 0 Å². The van der Waals surface area contributed by atoms with Crippen LogP contribution in [0.4, 0.5) is 0 Å². The Hall–Kier alpha value is -3.75. The van der Waals surface area contributed by atoms with Gasteiger partial charge in [-0.3, -0.25) is 4.79 Å². The number of carbonyl (C=O) groups is 2. The summed E-state index contributed by atoms with van der Waals surface area (Å²) in [5.74, 6) is -0.703. The fraction of sp³-hybridized carbons (Fsp3) is 0.0833. The van der Waals surface area contributed by atoms with Gasteiger partial charge in [0.2, 0.25) is 16.6 Å². The van der Waals surface area contributed by atoms with E-state index in [0.717, 1.165) is 16.1 Å². The summed E-state index contributed by atoms with van der Waals surface area (Å²) in [5.41, 5.74) is 2.06. The van der Waals surface area contributed by atoms with Gasteiger partial charge in [0, 0.05) is 6.20 Å². The van der Waals surface area contributed by atoms with Gasteiger partial charge in [0.1, 0.15) is 21.0 Å². The Labute approximate surface area is 197 Å². The number of thiazole rings is 1. The van der Waals surface area contributed by atoms with Crippen LogP contribution >= 0.6 is 20.4 Å². The van der Waals surface area contributed by atoms with E-state index >= 15 is 0 Å². The van der Waals surface area contributed by atoms with Gasteiger partial charge >= 0.3 is 5.97 Å². The van der Waals surface area contributed by atoms with Gasteiger partial charge in [0.05, 0.1) is 23.4 Å². The number of benzene rings is 2. The van der Waals surface area contributed by atoms with E-state index in [4.69, 9.17) is 20.5 Å². The number of aromatic carboxylic acids is 1. The first kappa shape index (κ1) is 22.4. The number of carboxylic acid groups (broad SMARTS) is 1. The summed E-state index contributed by atoms with van der Waals surface area (Å²) in [6, 6.07) is 16.6. The number of ether oxygens (including phenoxy) is 1. The van der Waals surface area contributed by atoms with Crippen molar-refractivity contribution in [3.8, 4) is 22.2 Å². The van der Waals surface area contributed by atoms with E-state index in [1.54, 1.807) is 48.8 Å². The molecule has 2 aromatic heterocycles. The van der Waals surface area contributed by atoms with Crippen molar-refractivity contribution in [2.75, 3.05) is 0 Å². The molecule has 1 unspecified atom stereocenters. The van der Waals surface area contributed by atoms with Crippen molar-refractivity contribution >= 4 is 32.2 Å². The molecule has 7 nitrogen and oxygen atoms in total. The SMILES string of the molecule is C[C@H](NC(=O)c1cccnc1Oc1cccc(-c2ncc[s+]2Cl)c1)c1ccc(C(=O)O)cc1. The fourth-order valence-electron chi connectivity index (χ4n) is 3.17. The molecule has 166 valence electrons. The first-order chi connectivity index (χ1) is 15.9. The highest BCUT2D eigenvalue weighted by atomic mass is 35.7. The number of carboxylic acids is 1. The summed E-state index contributed by atoms with van der Waals surface area (Å²) in [6.07, 6.45) is 3.22. The fourth-order valence-corrected chi connectivity index (χ4v) is 4.51.